The van der Waals surface area contributed by atoms with E-state index in [0.29, 0.717) is 10.8 Å². The van der Waals surface area contributed by atoms with Gasteiger partial charge in [0.1, 0.15) is 5.75 Å². The van der Waals surface area contributed by atoms with Gasteiger partial charge in [-0.25, -0.2) is 0 Å². The normalized spacial score (nSPS) is 13.6. The SMILES string of the molecule is Cc1cc(C)cc(OP(C)(=O)Nc2cccc(Cl)c2C)c1. The minimum Gasteiger partial charge on any atom is -0.429 e. The highest BCUT2D eigenvalue weighted by Gasteiger charge is 2.19. The van der Waals surface area contributed by atoms with Crippen LogP contribution in [0.25, 0.3) is 0 Å². The van der Waals surface area contributed by atoms with Crippen molar-refractivity contribution in [2.75, 3.05) is 11.8 Å². The number of benzene rings is 2. The first-order valence-corrected chi connectivity index (χ1v) is 9.11. The molecule has 21 heavy (non-hydrogen) atoms. The van der Waals surface area contributed by atoms with Gasteiger partial charge >= 0.3 is 7.52 Å². The quantitative estimate of drug-likeness (QED) is 0.746. The lowest BCUT2D eigenvalue weighted by molar-refractivity contribution is 0.493. The Balaban J connectivity index is 2.22. The summed E-state index contributed by atoms with van der Waals surface area (Å²) in [6.07, 6.45) is 0. The van der Waals surface area contributed by atoms with E-state index < -0.39 is 7.52 Å². The molecule has 0 bridgehead atoms. The molecule has 0 aliphatic rings. The lowest BCUT2D eigenvalue weighted by Crippen LogP contribution is -2.04. The van der Waals surface area contributed by atoms with Crippen molar-refractivity contribution in [2.24, 2.45) is 0 Å². The number of anilines is 1. The van der Waals surface area contributed by atoms with E-state index >= 15 is 0 Å². The molecule has 0 spiro atoms. The van der Waals surface area contributed by atoms with Crippen molar-refractivity contribution in [1.29, 1.82) is 0 Å². The second kappa shape index (κ2) is 6.13. The zero-order valence-electron chi connectivity index (χ0n) is 12.6. The average Bonchev–Trinajstić information content (AvgIpc) is 2.32. The van der Waals surface area contributed by atoms with Gasteiger partial charge in [0.2, 0.25) is 0 Å². The van der Waals surface area contributed by atoms with Crippen molar-refractivity contribution < 1.29 is 9.09 Å². The third-order valence-corrected chi connectivity index (χ3v) is 4.68. The summed E-state index contributed by atoms with van der Waals surface area (Å²) in [7, 11) is -3.03. The van der Waals surface area contributed by atoms with Gasteiger partial charge in [0.25, 0.3) is 0 Å². The van der Waals surface area contributed by atoms with Gasteiger partial charge in [-0.15, -0.1) is 0 Å². The molecule has 0 aromatic heterocycles. The van der Waals surface area contributed by atoms with Gasteiger partial charge in [-0.1, -0.05) is 23.7 Å². The second-order valence-corrected chi connectivity index (χ2v) is 7.79. The Labute approximate surface area is 130 Å². The summed E-state index contributed by atoms with van der Waals surface area (Å²) >= 11 is 6.07. The molecule has 0 heterocycles. The van der Waals surface area contributed by atoms with E-state index in [1.165, 1.54) is 0 Å². The largest absolute Gasteiger partial charge is 0.429 e. The molecule has 0 aliphatic heterocycles. The maximum absolute atomic E-state index is 12.7. The lowest BCUT2D eigenvalue weighted by atomic mass is 10.1. The lowest BCUT2D eigenvalue weighted by Gasteiger charge is -2.19. The van der Waals surface area contributed by atoms with Crippen LogP contribution in [0.1, 0.15) is 16.7 Å². The summed E-state index contributed by atoms with van der Waals surface area (Å²) in [5.74, 6) is 0.602. The van der Waals surface area contributed by atoms with Crippen molar-refractivity contribution >= 4 is 24.8 Å². The molecule has 0 saturated heterocycles. The van der Waals surface area contributed by atoms with E-state index in [2.05, 4.69) is 5.09 Å². The van der Waals surface area contributed by atoms with Crippen LogP contribution >= 0.6 is 19.1 Å². The van der Waals surface area contributed by atoms with Gasteiger partial charge < -0.3 is 9.61 Å². The third-order valence-electron chi connectivity index (χ3n) is 3.07. The molecule has 2 aromatic carbocycles. The Kier molecular flexibility index (Phi) is 4.65. The topological polar surface area (TPSA) is 38.3 Å². The maximum atomic E-state index is 12.7. The Bertz CT molecular complexity index is 695. The van der Waals surface area contributed by atoms with Crippen LogP contribution in [-0.2, 0) is 4.57 Å². The molecular weight excluding hydrogens is 305 g/mol. The molecule has 112 valence electrons. The standard InChI is InChI=1S/C16H19ClNO2P/c1-11-8-12(2)10-14(9-11)20-21(4,19)18-16-7-5-6-15(17)13(16)3/h5-10H,1-4H3,(H,18,19). The molecule has 1 atom stereocenters. The Morgan fingerprint density at radius 2 is 1.71 bits per heavy atom. The monoisotopic (exact) mass is 323 g/mol. The maximum Gasteiger partial charge on any atom is 0.338 e. The first-order valence-electron chi connectivity index (χ1n) is 6.66. The summed E-state index contributed by atoms with van der Waals surface area (Å²) in [5.41, 5.74) is 3.72. The smallest absolute Gasteiger partial charge is 0.338 e. The molecule has 3 nitrogen and oxygen atoms in total. The van der Waals surface area contributed by atoms with Crippen LogP contribution in [0.5, 0.6) is 5.75 Å². The highest BCUT2D eigenvalue weighted by atomic mass is 35.5. The number of hydrogen-bond acceptors (Lipinski definition) is 2. The predicted octanol–water partition coefficient (Wildman–Crippen LogP) is 5.58. The molecule has 1 N–H and O–H groups in total. The van der Waals surface area contributed by atoms with Gasteiger partial charge in [0.05, 0.1) is 0 Å². The number of nitrogens with one attached hydrogen (secondary N) is 1. The number of aryl methyl sites for hydroxylation is 2. The molecule has 0 amide bonds. The van der Waals surface area contributed by atoms with E-state index in [1.54, 1.807) is 12.7 Å². The zero-order valence-corrected chi connectivity index (χ0v) is 14.3. The van der Waals surface area contributed by atoms with Gasteiger partial charge in [0, 0.05) is 17.4 Å². The molecule has 1 unspecified atom stereocenters. The summed E-state index contributed by atoms with van der Waals surface area (Å²) in [6.45, 7) is 7.40. The zero-order chi connectivity index (χ0) is 15.6. The summed E-state index contributed by atoms with van der Waals surface area (Å²) in [4.78, 5) is 0. The molecule has 0 radical (unpaired) electrons. The van der Waals surface area contributed by atoms with E-state index in [4.69, 9.17) is 16.1 Å². The fourth-order valence-electron chi connectivity index (χ4n) is 2.16. The Morgan fingerprint density at radius 3 is 2.33 bits per heavy atom. The van der Waals surface area contributed by atoms with Crippen molar-refractivity contribution in [3.8, 4) is 5.75 Å². The second-order valence-electron chi connectivity index (χ2n) is 5.28. The molecular formula is C16H19ClNO2P. The van der Waals surface area contributed by atoms with E-state index in [0.717, 1.165) is 22.4 Å². The van der Waals surface area contributed by atoms with E-state index in [9.17, 15) is 4.57 Å². The van der Waals surface area contributed by atoms with Crippen LogP contribution in [0.2, 0.25) is 5.02 Å². The van der Waals surface area contributed by atoms with Crippen LogP contribution in [0.3, 0.4) is 0 Å². The summed E-state index contributed by atoms with van der Waals surface area (Å²) in [6, 6.07) is 11.2. The molecule has 5 heteroatoms. The number of hydrogen-bond donors (Lipinski definition) is 1. The van der Waals surface area contributed by atoms with Crippen molar-refractivity contribution in [1.82, 2.24) is 0 Å². The van der Waals surface area contributed by atoms with Gasteiger partial charge in [-0.05, 0) is 61.7 Å². The third kappa shape index (κ3) is 4.26. The van der Waals surface area contributed by atoms with Crippen LogP contribution in [0.4, 0.5) is 5.69 Å². The fraction of sp³-hybridized carbons (Fsp3) is 0.250. The van der Waals surface area contributed by atoms with Gasteiger partial charge in [0.15, 0.2) is 0 Å². The van der Waals surface area contributed by atoms with E-state index in [1.807, 2.05) is 51.1 Å². The van der Waals surface area contributed by atoms with Crippen molar-refractivity contribution in [3.63, 3.8) is 0 Å². The average molecular weight is 324 g/mol. The van der Waals surface area contributed by atoms with Gasteiger partial charge in [-0.2, -0.15) is 0 Å². The summed E-state index contributed by atoms with van der Waals surface area (Å²) < 4.78 is 18.3. The number of halogens is 1. The molecule has 0 saturated carbocycles. The predicted molar refractivity (Wildman–Crippen MR) is 89.9 cm³/mol. The van der Waals surface area contributed by atoms with Gasteiger partial charge in [-0.3, -0.25) is 4.57 Å². The summed E-state index contributed by atoms with van der Waals surface area (Å²) in [5, 5.41) is 3.59. The first-order chi connectivity index (χ1) is 9.77. The molecule has 0 fully saturated rings. The highest BCUT2D eigenvalue weighted by molar-refractivity contribution is 7.60. The number of rotatable bonds is 4. The van der Waals surface area contributed by atoms with Crippen molar-refractivity contribution in [3.05, 3.63) is 58.1 Å². The minimum absolute atomic E-state index is 0.602. The highest BCUT2D eigenvalue weighted by Crippen LogP contribution is 2.44. The Morgan fingerprint density at radius 1 is 1.10 bits per heavy atom. The minimum atomic E-state index is -3.03. The fourth-order valence-corrected chi connectivity index (χ4v) is 3.56. The first kappa shape index (κ1) is 15.9. The Hall–Kier alpha value is -1.44. The molecule has 0 aliphatic carbocycles. The van der Waals surface area contributed by atoms with Crippen LogP contribution in [-0.4, -0.2) is 6.66 Å². The van der Waals surface area contributed by atoms with Crippen LogP contribution in [0.15, 0.2) is 36.4 Å². The van der Waals surface area contributed by atoms with Crippen LogP contribution in [0, 0.1) is 20.8 Å². The van der Waals surface area contributed by atoms with Crippen LogP contribution < -0.4 is 9.61 Å². The molecule has 2 aromatic rings. The van der Waals surface area contributed by atoms with E-state index in [-0.39, 0.29) is 0 Å². The molecule has 2 rings (SSSR count). The van der Waals surface area contributed by atoms with Crippen molar-refractivity contribution in [2.45, 2.75) is 20.8 Å².